The number of nitrogens with one attached hydrogen (secondary N) is 1. The zero-order valence-electron chi connectivity index (χ0n) is 8.64. The zero-order valence-corrected chi connectivity index (χ0v) is 9.40. The first-order valence-electron chi connectivity index (χ1n) is 4.52. The van der Waals surface area contributed by atoms with Crippen LogP contribution in [0.4, 0.5) is 22.0 Å². The van der Waals surface area contributed by atoms with Crippen LogP contribution in [0.3, 0.4) is 0 Å². The Labute approximate surface area is 104 Å². The van der Waals surface area contributed by atoms with E-state index in [1.54, 1.807) is 5.43 Å². The Bertz CT molecular complexity index is 407. The second-order valence-electron chi connectivity index (χ2n) is 3.26. The molecule has 102 valence electrons. The van der Waals surface area contributed by atoms with Crippen molar-refractivity contribution in [3.63, 3.8) is 0 Å². The Balaban J connectivity index is 3.01. The molecule has 9 heteroatoms. The summed E-state index contributed by atoms with van der Waals surface area (Å²) in [5.41, 5.74) is 1.49. The number of rotatable bonds is 4. The highest BCUT2D eigenvalue weighted by Gasteiger charge is 2.38. The van der Waals surface area contributed by atoms with E-state index in [0.717, 1.165) is 24.3 Å². The number of ether oxygens (including phenoxy) is 1. The minimum absolute atomic E-state index is 0.237. The third kappa shape index (κ3) is 4.28. The maximum Gasteiger partial charge on any atom is 0.573 e. The van der Waals surface area contributed by atoms with Crippen molar-refractivity contribution in [2.24, 2.45) is 5.84 Å². The molecule has 3 nitrogen and oxygen atoms in total. The molecule has 0 aliphatic rings. The Kier molecular flexibility index (Phi) is 4.36. The summed E-state index contributed by atoms with van der Waals surface area (Å²) in [6, 6.07) is 2.16. The number of benzene rings is 1. The summed E-state index contributed by atoms with van der Waals surface area (Å²) in [4.78, 5) is 0. The average molecular weight is 291 g/mol. The summed E-state index contributed by atoms with van der Waals surface area (Å²) < 4.78 is 65.3. The van der Waals surface area contributed by atoms with E-state index in [9.17, 15) is 22.0 Å². The Morgan fingerprint density at radius 2 is 1.83 bits per heavy atom. The summed E-state index contributed by atoms with van der Waals surface area (Å²) in [5.74, 6) is 4.25. The van der Waals surface area contributed by atoms with Gasteiger partial charge in [0.15, 0.2) is 0 Å². The topological polar surface area (TPSA) is 47.3 Å². The molecule has 0 heterocycles. The standard InChI is InChI=1S/C9H8ClF5N2O/c10-8(11,12)7(17-16)5-2-1-3-6(4-5)18-9(13,14)15/h1-4,7,17H,16H2. The highest BCUT2D eigenvalue weighted by molar-refractivity contribution is 6.22. The monoisotopic (exact) mass is 290 g/mol. The molecule has 0 amide bonds. The molecule has 0 spiro atoms. The van der Waals surface area contributed by atoms with Gasteiger partial charge in [-0.1, -0.05) is 12.1 Å². The van der Waals surface area contributed by atoms with Crippen molar-refractivity contribution >= 4 is 11.6 Å². The molecule has 18 heavy (non-hydrogen) atoms. The van der Waals surface area contributed by atoms with Crippen molar-refractivity contribution in [2.75, 3.05) is 0 Å². The highest BCUT2D eigenvalue weighted by atomic mass is 35.5. The fourth-order valence-corrected chi connectivity index (χ4v) is 1.46. The van der Waals surface area contributed by atoms with Crippen LogP contribution in [0.25, 0.3) is 0 Å². The van der Waals surface area contributed by atoms with E-state index < -0.39 is 23.5 Å². The fourth-order valence-electron chi connectivity index (χ4n) is 1.27. The maximum atomic E-state index is 12.9. The molecule has 0 saturated heterocycles. The zero-order chi connectivity index (χ0) is 14.0. The molecule has 1 aromatic rings. The van der Waals surface area contributed by atoms with E-state index >= 15 is 0 Å². The Morgan fingerprint density at radius 1 is 1.22 bits per heavy atom. The third-order valence-corrected chi connectivity index (χ3v) is 2.14. The van der Waals surface area contributed by atoms with Crippen molar-refractivity contribution in [1.29, 1.82) is 0 Å². The van der Waals surface area contributed by atoms with E-state index in [-0.39, 0.29) is 5.56 Å². The van der Waals surface area contributed by atoms with Gasteiger partial charge in [0.2, 0.25) is 0 Å². The molecular formula is C9H8ClF5N2O. The van der Waals surface area contributed by atoms with Gasteiger partial charge in [-0.3, -0.25) is 5.84 Å². The summed E-state index contributed by atoms with van der Waals surface area (Å²) >= 11 is 4.78. The van der Waals surface area contributed by atoms with Gasteiger partial charge in [0.05, 0.1) is 0 Å². The molecule has 0 fully saturated rings. The van der Waals surface area contributed by atoms with Gasteiger partial charge in [-0.15, -0.1) is 13.2 Å². The third-order valence-electron chi connectivity index (χ3n) is 1.92. The lowest BCUT2D eigenvalue weighted by Gasteiger charge is -2.21. The first-order chi connectivity index (χ1) is 8.13. The molecule has 1 rings (SSSR count). The number of halogens is 6. The predicted molar refractivity (Wildman–Crippen MR) is 54.0 cm³/mol. The molecule has 1 aromatic carbocycles. The number of hydrogen-bond donors (Lipinski definition) is 2. The van der Waals surface area contributed by atoms with E-state index in [0.29, 0.717) is 0 Å². The lowest BCUT2D eigenvalue weighted by atomic mass is 10.1. The lowest BCUT2D eigenvalue weighted by Crippen LogP contribution is -2.37. The van der Waals surface area contributed by atoms with Gasteiger partial charge in [-0.2, -0.15) is 8.78 Å². The molecule has 1 atom stereocenters. The average Bonchev–Trinajstić information content (AvgIpc) is 2.13. The smallest absolute Gasteiger partial charge is 0.406 e. The van der Waals surface area contributed by atoms with Crippen LogP contribution < -0.4 is 16.0 Å². The highest BCUT2D eigenvalue weighted by Crippen LogP contribution is 2.36. The van der Waals surface area contributed by atoms with Crippen molar-refractivity contribution < 1.29 is 26.7 Å². The number of alkyl halides is 6. The number of hydrogen-bond acceptors (Lipinski definition) is 3. The van der Waals surface area contributed by atoms with Crippen molar-refractivity contribution in [2.45, 2.75) is 17.8 Å². The Morgan fingerprint density at radius 3 is 2.28 bits per heavy atom. The summed E-state index contributed by atoms with van der Waals surface area (Å²) in [6.07, 6.45) is -4.91. The van der Waals surface area contributed by atoms with E-state index in [1.807, 2.05) is 0 Å². The van der Waals surface area contributed by atoms with E-state index in [2.05, 4.69) is 4.74 Å². The van der Waals surface area contributed by atoms with Crippen molar-refractivity contribution in [1.82, 2.24) is 5.43 Å². The largest absolute Gasteiger partial charge is 0.573 e. The lowest BCUT2D eigenvalue weighted by molar-refractivity contribution is -0.274. The normalized spacial score (nSPS) is 14.4. The first kappa shape index (κ1) is 14.9. The summed E-state index contributed by atoms with van der Waals surface area (Å²) in [6.45, 7) is 0. The second kappa shape index (κ2) is 5.25. The molecule has 0 aliphatic heterocycles. The van der Waals surface area contributed by atoms with Crippen LogP contribution in [0.2, 0.25) is 0 Å². The number of hydrazine groups is 1. The van der Waals surface area contributed by atoms with Gasteiger partial charge >= 0.3 is 11.7 Å². The van der Waals surface area contributed by atoms with Crippen LogP contribution in [0.5, 0.6) is 5.75 Å². The van der Waals surface area contributed by atoms with Crippen molar-refractivity contribution in [3.05, 3.63) is 29.8 Å². The van der Waals surface area contributed by atoms with Crippen LogP contribution in [-0.4, -0.2) is 11.7 Å². The van der Waals surface area contributed by atoms with Gasteiger partial charge in [0.25, 0.3) is 0 Å². The summed E-state index contributed by atoms with van der Waals surface area (Å²) in [5, 5.41) is -3.76. The van der Waals surface area contributed by atoms with Gasteiger partial charge in [0, 0.05) is 0 Å². The fraction of sp³-hybridized carbons (Fsp3) is 0.333. The quantitative estimate of drug-likeness (QED) is 0.388. The van der Waals surface area contributed by atoms with Crippen molar-refractivity contribution in [3.8, 4) is 5.75 Å². The molecule has 0 saturated carbocycles. The molecule has 0 radical (unpaired) electrons. The van der Waals surface area contributed by atoms with Crippen LogP contribution in [0, 0.1) is 0 Å². The van der Waals surface area contributed by atoms with Crippen LogP contribution in [0.15, 0.2) is 24.3 Å². The molecule has 3 N–H and O–H groups in total. The minimum atomic E-state index is -4.91. The predicted octanol–water partition coefficient (Wildman–Crippen LogP) is 2.92. The maximum absolute atomic E-state index is 12.9. The van der Waals surface area contributed by atoms with Gasteiger partial charge in [-0.25, -0.2) is 5.43 Å². The van der Waals surface area contributed by atoms with Crippen LogP contribution in [-0.2, 0) is 0 Å². The van der Waals surface area contributed by atoms with Crippen LogP contribution in [0.1, 0.15) is 11.6 Å². The van der Waals surface area contributed by atoms with Gasteiger partial charge < -0.3 is 4.74 Å². The molecular weight excluding hydrogens is 283 g/mol. The Hall–Kier alpha value is -1.12. The SMILES string of the molecule is NNC(c1cccc(OC(F)(F)F)c1)C(F)(F)Cl. The van der Waals surface area contributed by atoms with Gasteiger partial charge in [-0.05, 0) is 29.3 Å². The summed E-state index contributed by atoms with van der Waals surface area (Å²) in [7, 11) is 0. The van der Waals surface area contributed by atoms with Crippen LogP contribution >= 0.6 is 11.6 Å². The minimum Gasteiger partial charge on any atom is -0.406 e. The molecule has 0 aliphatic carbocycles. The van der Waals surface area contributed by atoms with E-state index in [1.165, 1.54) is 0 Å². The van der Waals surface area contributed by atoms with E-state index in [4.69, 9.17) is 17.4 Å². The van der Waals surface area contributed by atoms with Gasteiger partial charge in [0.1, 0.15) is 11.8 Å². The molecule has 1 unspecified atom stereocenters. The second-order valence-corrected chi connectivity index (χ2v) is 3.77. The number of nitrogens with two attached hydrogens (primary N) is 1. The first-order valence-corrected chi connectivity index (χ1v) is 4.90. The molecule has 0 bridgehead atoms. The molecule has 0 aromatic heterocycles.